The van der Waals surface area contributed by atoms with E-state index >= 15 is 0 Å². The summed E-state index contributed by atoms with van der Waals surface area (Å²) in [4.78, 5) is 12.2. The summed E-state index contributed by atoms with van der Waals surface area (Å²) in [6.07, 6.45) is -0.756. The van der Waals surface area contributed by atoms with Crippen LogP contribution in [0.1, 0.15) is 6.23 Å². The third-order valence-corrected chi connectivity index (χ3v) is 4.28. The first-order valence-corrected chi connectivity index (χ1v) is 7.88. The van der Waals surface area contributed by atoms with Crippen molar-refractivity contribution in [1.29, 1.82) is 0 Å². The Morgan fingerprint density at radius 2 is 1.92 bits per heavy atom. The Morgan fingerprint density at radius 1 is 1.12 bits per heavy atom. The van der Waals surface area contributed by atoms with Gasteiger partial charge >= 0.3 is 0 Å². The molecule has 5 N–H and O–H groups in total. The Bertz CT molecular complexity index is 871. The van der Waals surface area contributed by atoms with Gasteiger partial charge < -0.3 is 26.0 Å². The fourth-order valence-corrected chi connectivity index (χ4v) is 2.96. The van der Waals surface area contributed by atoms with E-state index < -0.39 is 24.5 Å². The zero-order valence-corrected chi connectivity index (χ0v) is 13.2. The van der Waals surface area contributed by atoms with E-state index in [4.69, 9.17) is 10.5 Å². The van der Waals surface area contributed by atoms with Crippen molar-refractivity contribution in [2.45, 2.75) is 24.5 Å². The molecule has 4 atom stereocenters. The standard InChI is InChI=1S/C16H18N6O3/c17-14-11-15(20-7-19-14)22(8-21-11)16-13(24)12(23)10(25-16)6-18-9-4-2-1-3-5-9/h1-5,7-8,10,12-13,16,18,23-24H,6H2,(H2,17,19,20)/t10-,12-,13-,16-/m1/s1. The quantitative estimate of drug-likeness (QED) is 0.526. The number of benzene rings is 1. The topological polar surface area (TPSA) is 131 Å². The van der Waals surface area contributed by atoms with Crippen LogP contribution < -0.4 is 11.1 Å². The highest BCUT2D eigenvalue weighted by molar-refractivity contribution is 5.81. The first-order valence-electron chi connectivity index (χ1n) is 7.88. The van der Waals surface area contributed by atoms with Crippen LogP contribution in [0.3, 0.4) is 0 Å². The Hall–Kier alpha value is -2.75. The van der Waals surface area contributed by atoms with E-state index in [1.165, 1.54) is 12.7 Å². The number of aromatic nitrogens is 4. The summed E-state index contributed by atoms with van der Waals surface area (Å²) in [5.41, 5.74) is 7.56. The lowest BCUT2D eigenvalue weighted by Crippen LogP contribution is -2.35. The molecule has 1 aliphatic rings. The van der Waals surface area contributed by atoms with Gasteiger partial charge in [0.15, 0.2) is 17.7 Å². The van der Waals surface area contributed by atoms with Crippen molar-refractivity contribution in [1.82, 2.24) is 19.5 Å². The van der Waals surface area contributed by atoms with Gasteiger partial charge in [-0.1, -0.05) is 18.2 Å². The van der Waals surface area contributed by atoms with Gasteiger partial charge in [0.2, 0.25) is 0 Å². The van der Waals surface area contributed by atoms with Crippen molar-refractivity contribution < 1.29 is 14.9 Å². The molecule has 9 heteroatoms. The summed E-state index contributed by atoms with van der Waals surface area (Å²) in [6, 6.07) is 9.57. The molecule has 25 heavy (non-hydrogen) atoms. The van der Waals surface area contributed by atoms with Crippen molar-refractivity contribution in [2.75, 3.05) is 17.6 Å². The number of anilines is 2. The molecule has 0 bridgehead atoms. The predicted molar refractivity (Wildman–Crippen MR) is 90.6 cm³/mol. The van der Waals surface area contributed by atoms with Gasteiger partial charge in [-0.05, 0) is 12.1 Å². The fourth-order valence-electron chi connectivity index (χ4n) is 2.96. The van der Waals surface area contributed by atoms with Crippen molar-refractivity contribution in [3.05, 3.63) is 43.0 Å². The Kier molecular flexibility index (Phi) is 3.96. The maximum Gasteiger partial charge on any atom is 0.167 e. The zero-order valence-electron chi connectivity index (χ0n) is 13.2. The molecule has 0 aliphatic carbocycles. The number of fused-ring (bicyclic) bond motifs is 1. The van der Waals surface area contributed by atoms with Crippen LogP contribution in [0.15, 0.2) is 43.0 Å². The van der Waals surface area contributed by atoms with E-state index in [-0.39, 0.29) is 5.82 Å². The number of nitrogens with zero attached hydrogens (tertiary/aromatic N) is 4. The van der Waals surface area contributed by atoms with Crippen molar-refractivity contribution in [2.24, 2.45) is 0 Å². The number of nitrogens with two attached hydrogens (primary N) is 1. The van der Waals surface area contributed by atoms with Crippen molar-refractivity contribution >= 4 is 22.7 Å². The molecule has 1 saturated heterocycles. The molecule has 0 radical (unpaired) electrons. The van der Waals surface area contributed by atoms with Crippen molar-refractivity contribution in [3.63, 3.8) is 0 Å². The first-order chi connectivity index (χ1) is 12.1. The number of rotatable bonds is 4. The lowest BCUT2D eigenvalue weighted by Gasteiger charge is -2.16. The number of hydrogen-bond acceptors (Lipinski definition) is 8. The SMILES string of the molecule is Nc1ncnc2c1ncn2[C@@H]1O[C@H](CNc2ccccc2)[C@@H](O)[C@H]1O. The molecule has 0 saturated carbocycles. The molecule has 9 nitrogen and oxygen atoms in total. The van der Waals surface area contributed by atoms with Gasteiger partial charge in [0.05, 0.1) is 6.33 Å². The molecule has 0 amide bonds. The number of hydrogen-bond donors (Lipinski definition) is 4. The second kappa shape index (κ2) is 6.28. The first kappa shape index (κ1) is 15.8. The van der Waals surface area contributed by atoms with Crippen LogP contribution in [0.25, 0.3) is 11.2 Å². The molecular weight excluding hydrogens is 324 g/mol. The van der Waals surface area contributed by atoms with E-state index in [1.54, 1.807) is 4.57 Å². The smallest absolute Gasteiger partial charge is 0.167 e. The van der Waals surface area contributed by atoms with Gasteiger partial charge in [-0.15, -0.1) is 0 Å². The summed E-state index contributed by atoms with van der Waals surface area (Å²) in [5.74, 6) is 0.249. The normalized spacial score (nSPS) is 26.2. The molecule has 1 aliphatic heterocycles. The minimum Gasteiger partial charge on any atom is -0.387 e. The summed E-state index contributed by atoms with van der Waals surface area (Å²) >= 11 is 0. The average molecular weight is 342 g/mol. The van der Waals surface area contributed by atoms with Crippen LogP contribution in [0.2, 0.25) is 0 Å². The number of imidazole rings is 1. The number of nitrogens with one attached hydrogen (secondary N) is 1. The number of aliphatic hydroxyl groups excluding tert-OH is 2. The molecule has 1 fully saturated rings. The fraction of sp³-hybridized carbons (Fsp3) is 0.312. The second-order valence-corrected chi connectivity index (χ2v) is 5.88. The monoisotopic (exact) mass is 342 g/mol. The van der Waals surface area contributed by atoms with E-state index in [9.17, 15) is 10.2 Å². The molecule has 2 aromatic heterocycles. The number of ether oxygens (including phenoxy) is 1. The van der Waals surface area contributed by atoms with Gasteiger partial charge in [0.1, 0.15) is 30.2 Å². The largest absolute Gasteiger partial charge is 0.387 e. The summed E-state index contributed by atoms with van der Waals surface area (Å²) in [7, 11) is 0. The summed E-state index contributed by atoms with van der Waals surface area (Å²) in [6.45, 7) is 0.350. The molecule has 130 valence electrons. The van der Waals surface area contributed by atoms with Gasteiger partial charge in [-0.25, -0.2) is 15.0 Å². The minimum absolute atomic E-state index is 0.249. The minimum atomic E-state index is -1.11. The third-order valence-electron chi connectivity index (χ3n) is 4.28. The van der Waals surface area contributed by atoms with Crippen LogP contribution in [0.5, 0.6) is 0 Å². The van der Waals surface area contributed by atoms with Gasteiger partial charge in [0, 0.05) is 12.2 Å². The Labute approximate surface area is 143 Å². The highest BCUT2D eigenvalue weighted by Crippen LogP contribution is 2.32. The zero-order chi connectivity index (χ0) is 17.4. The van der Waals surface area contributed by atoms with Crippen LogP contribution in [0.4, 0.5) is 11.5 Å². The Morgan fingerprint density at radius 3 is 2.72 bits per heavy atom. The van der Waals surface area contributed by atoms with E-state index in [1.807, 2.05) is 30.3 Å². The highest BCUT2D eigenvalue weighted by atomic mass is 16.6. The molecule has 3 heterocycles. The second-order valence-electron chi connectivity index (χ2n) is 5.88. The molecule has 0 spiro atoms. The lowest BCUT2D eigenvalue weighted by atomic mass is 10.1. The molecular formula is C16H18N6O3. The van der Waals surface area contributed by atoms with Crippen molar-refractivity contribution in [3.8, 4) is 0 Å². The average Bonchev–Trinajstić information content (AvgIpc) is 3.18. The molecule has 3 aromatic rings. The molecule has 0 unspecified atom stereocenters. The molecule has 4 rings (SSSR count). The molecule has 1 aromatic carbocycles. The van der Waals surface area contributed by atoms with E-state index in [2.05, 4.69) is 20.3 Å². The number of nitrogen functional groups attached to an aromatic ring is 1. The summed E-state index contributed by atoms with van der Waals surface area (Å²) in [5, 5.41) is 23.9. The maximum atomic E-state index is 10.4. The third kappa shape index (κ3) is 2.78. The number of para-hydroxylation sites is 1. The van der Waals surface area contributed by atoms with Crippen LogP contribution >= 0.6 is 0 Å². The van der Waals surface area contributed by atoms with E-state index in [0.29, 0.717) is 17.7 Å². The highest BCUT2D eigenvalue weighted by Gasteiger charge is 2.44. The Balaban J connectivity index is 1.54. The summed E-state index contributed by atoms with van der Waals surface area (Å²) < 4.78 is 7.42. The van der Waals surface area contributed by atoms with Gasteiger partial charge in [-0.3, -0.25) is 4.57 Å². The predicted octanol–water partition coefficient (Wildman–Crippen LogP) is 0.140. The number of aliphatic hydroxyl groups is 2. The van der Waals surface area contributed by atoms with Crippen LogP contribution in [-0.2, 0) is 4.74 Å². The van der Waals surface area contributed by atoms with Crippen LogP contribution in [0, 0.1) is 0 Å². The van der Waals surface area contributed by atoms with E-state index in [0.717, 1.165) is 5.69 Å². The van der Waals surface area contributed by atoms with Gasteiger partial charge in [0.25, 0.3) is 0 Å². The van der Waals surface area contributed by atoms with Crippen LogP contribution in [-0.4, -0.2) is 54.6 Å². The lowest BCUT2D eigenvalue weighted by molar-refractivity contribution is -0.0312. The van der Waals surface area contributed by atoms with Gasteiger partial charge in [-0.2, -0.15) is 0 Å². The maximum absolute atomic E-state index is 10.4.